The molecule has 0 amide bonds. The summed E-state index contributed by atoms with van der Waals surface area (Å²) in [7, 11) is 0. The standard InChI is InChI=1S/C15H19N3OS/c1-2-6-17(5-1)11-15-16-13-9-18(10-14(13)19-15)8-12-4-3-7-20-12/h3-4,7H,1-2,5-6,8-11H2. The van der Waals surface area contributed by atoms with Crippen LogP contribution in [0.5, 0.6) is 0 Å². The summed E-state index contributed by atoms with van der Waals surface area (Å²) in [6.45, 7) is 6.11. The molecule has 106 valence electrons. The molecule has 4 rings (SSSR count). The van der Waals surface area contributed by atoms with Crippen LogP contribution in [0.3, 0.4) is 0 Å². The molecule has 4 nitrogen and oxygen atoms in total. The van der Waals surface area contributed by atoms with Gasteiger partial charge in [-0.25, -0.2) is 4.98 Å². The molecular weight excluding hydrogens is 270 g/mol. The van der Waals surface area contributed by atoms with Gasteiger partial charge in [0.2, 0.25) is 5.89 Å². The number of rotatable bonds is 4. The van der Waals surface area contributed by atoms with Crippen LogP contribution in [0.2, 0.25) is 0 Å². The Kier molecular flexibility index (Phi) is 3.34. The molecular formula is C15H19N3OS. The topological polar surface area (TPSA) is 32.5 Å². The van der Waals surface area contributed by atoms with Crippen molar-refractivity contribution >= 4 is 11.3 Å². The summed E-state index contributed by atoms with van der Waals surface area (Å²) in [4.78, 5) is 10.9. The summed E-state index contributed by atoms with van der Waals surface area (Å²) in [5, 5.41) is 2.13. The lowest BCUT2D eigenvalue weighted by molar-refractivity contribution is 0.242. The maximum atomic E-state index is 5.95. The molecule has 2 aliphatic heterocycles. The van der Waals surface area contributed by atoms with Gasteiger partial charge < -0.3 is 4.42 Å². The number of likely N-dealkylation sites (tertiary alicyclic amines) is 1. The zero-order valence-corrected chi connectivity index (χ0v) is 12.4. The minimum absolute atomic E-state index is 0.887. The predicted octanol–water partition coefficient (Wildman–Crippen LogP) is 2.85. The monoisotopic (exact) mass is 289 g/mol. The third-order valence-corrected chi connectivity index (χ3v) is 4.94. The third kappa shape index (κ3) is 2.53. The molecule has 0 saturated carbocycles. The minimum Gasteiger partial charge on any atom is -0.443 e. The fourth-order valence-corrected chi connectivity index (χ4v) is 3.84. The van der Waals surface area contributed by atoms with Crippen molar-refractivity contribution in [2.24, 2.45) is 0 Å². The van der Waals surface area contributed by atoms with E-state index in [0.717, 1.165) is 43.5 Å². The zero-order valence-electron chi connectivity index (χ0n) is 11.5. The van der Waals surface area contributed by atoms with Crippen LogP contribution in [0.25, 0.3) is 0 Å². The fraction of sp³-hybridized carbons (Fsp3) is 0.533. The first-order valence-electron chi connectivity index (χ1n) is 7.31. The van der Waals surface area contributed by atoms with Gasteiger partial charge in [0.1, 0.15) is 5.76 Å². The molecule has 4 heterocycles. The van der Waals surface area contributed by atoms with E-state index >= 15 is 0 Å². The maximum Gasteiger partial charge on any atom is 0.208 e. The molecule has 5 heteroatoms. The number of hydrogen-bond donors (Lipinski definition) is 0. The third-order valence-electron chi connectivity index (χ3n) is 4.08. The first-order chi connectivity index (χ1) is 9.87. The molecule has 0 aliphatic carbocycles. The van der Waals surface area contributed by atoms with E-state index < -0.39 is 0 Å². The maximum absolute atomic E-state index is 5.95. The normalized spacial score (nSPS) is 19.8. The van der Waals surface area contributed by atoms with E-state index in [0.29, 0.717) is 0 Å². The molecule has 0 spiro atoms. The average Bonchev–Trinajstić information content (AvgIpc) is 3.14. The van der Waals surface area contributed by atoms with Gasteiger partial charge in [-0.1, -0.05) is 6.07 Å². The average molecular weight is 289 g/mol. The highest BCUT2D eigenvalue weighted by molar-refractivity contribution is 7.09. The molecule has 2 aliphatic rings. The Labute approximate surface area is 123 Å². The van der Waals surface area contributed by atoms with Crippen LogP contribution < -0.4 is 0 Å². The Hall–Kier alpha value is -1.17. The Balaban J connectivity index is 1.38. The number of hydrogen-bond acceptors (Lipinski definition) is 5. The number of nitrogens with zero attached hydrogens (tertiary/aromatic N) is 3. The zero-order chi connectivity index (χ0) is 13.4. The van der Waals surface area contributed by atoms with Crippen LogP contribution >= 0.6 is 11.3 Å². The summed E-state index contributed by atoms with van der Waals surface area (Å²) in [5.74, 6) is 1.99. The van der Waals surface area contributed by atoms with Gasteiger partial charge in [-0.15, -0.1) is 11.3 Å². The van der Waals surface area contributed by atoms with Gasteiger partial charge in [-0.2, -0.15) is 0 Å². The van der Waals surface area contributed by atoms with Crippen molar-refractivity contribution in [3.05, 3.63) is 39.7 Å². The van der Waals surface area contributed by atoms with E-state index in [1.807, 2.05) is 11.3 Å². The second-order valence-corrected chi connectivity index (χ2v) is 6.72. The minimum atomic E-state index is 0.887. The largest absolute Gasteiger partial charge is 0.443 e. The Bertz CT molecular complexity index is 548. The van der Waals surface area contributed by atoms with E-state index in [4.69, 9.17) is 4.42 Å². The van der Waals surface area contributed by atoms with E-state index in [1.54, 1.807) is 0 Å². The molecule has 1 saturated heterocycles. The van der Waals surface area contributed by atoms with Crippen molar-refractivity contribution in [3.8, 4) is 0 Å². The molecule has 0 aromatic carbocycles. The van der Waals surface area contributed by atoms with Gasteiger partial charge in [-0.3, -0.25) is 9.80 Å². The van der Waals surface area contributed by atoms with Crippen molar-refractivity contribution in [2.45, 2.75) is 39.0 Å². The quantitative estimate of drug-likeness (QED) is 0.866. The van der Waals surface area contributed by atoms with Crippen LogP contribution in [0.1, 0.15) is 35.1 Å². The summed E-state index contributed by atoms with van der Waals surface area (Å²) in [6.07, 6.45) is 2.63. The lowest BCUT2D eigenvalue weighted by Gasteiger charge is -2.14. The van der Waals surface area contributed by atoms with E-state index in [2.05, 4.69) is 32.3 Å². The number of fused-ring (bicyclic) bond motifs is 1. The molecule has 0 unspecified atom stereocenters. The van der Waals surface area contributed by atoms with Gasteiger partial charge in [-0.05, 0) is 37.4 Å². The summed E-state index contributed by atoms with van der Waals surface area (Å²) in [6, 6.07) is 4.30. The predicted molar refractivity (Wildman–Crippen MR) is 78.3 cm³/mol. The second kappa shape index (κ2) is 5.31. The highest BCUT2D eigenvalue weighted by atomic mass is 32.1. The molecule has 20 heavy (non-hydrogen) atoms. The van der Waals surface area contributed by atoms with E-state index in [9.17, 15) is 0 Å². The highest BCUT2D eigenvalue weighted by Crippen LogP contribution is 2.26. The number of aromatic nitrogens is 1. The van der Waals surface area contributed by atoms with Crippen molar-refractivity contribution in [3.63, 3.8) is 0 Å². The summed E-state index contributed by atoms with van der Waals surface area (Å²) < 4.78 is 5.95. The van der Waals surface area contributed by atoms with Crippen LogP contribution in [0.15, 0.2) is 21.9 Å². The molecule has 2 aromatic heterocycles. The number of thiophene rings is 1. The van der Waals surface area contributed by atoms with Crippen molar-refractivity contribution < 1.29 is 4.42 Å². The molecule has 0 atom stereocenters. The van der Waals surface area contributed by atoms with Gasteiger partial charge in [0, 0.05) is 18.0 Å². The van der Waals surface area contributed by atoms with E-state index in [-0.39, 0.29) is 0 Å². The lowest BCUT2D eigenvalue weighted by Crippen LogP contribution is -2.19. The van der Waals surface area contributed by atoms with Crippen LogP contribution in [-0.4, -0.2) is 27.9 Å². The smallest absolute Gasteiger partial charge is 0.208 e. The molecule has 1 fully saturated rings. The highest BCUT2D eigenvalue weighted by Gasteiger charge is 2.26. The SMILES string of the molecule is c1csc(CN2Cc3nc(CN4CCCC4)oc3C2)c1. The van der Waals surface area contributed by atoms with Crippen LogP contribution in [0.4, 0.5) is 0 Å². The molecule has 0 N–H and O–H groups in total. The summed E-state index contributed by atoms with van der Waals surface area (Å²) >= 11 is 1.82. The number of oxazole rings is 1. The van der Waals surface area contributed by atoms with Gasteiger partial charge in [0.05, 0.1) is 18.8 Å². The first-order valence-corrected chi connectivity index (χ1v) is 8.19. The Morgan fingerprint density at radius 1 is 1.15 bits per heavy atom. The van der Waals surface area contributed by atoms with Crippen molar-refractivity contribution in [1.82, 2.24) is 14.8 Å². The van der Waals surface area contributed by atoms with Gasteiger partial charge >= 0.3 is 0 Å². The first kappa shape index (κ1) is 12.6. The van der Waals surface area contributed by atoms with Crippen LogP contribution in [-0.2, 0) is 26.2 Å². The summed E-state index contributed by atoms with van der Waals surface area (Å²) in [5.41, 5.74) is 1.15. The Morgan fingerprint density at radius 3 is 2.80 bits per heavy atom. The van der Waals surface area contributed by atoms with Gasteiger partial charge in [0.15, 0.2) is 0 Å². The van der Waals surface area contributed by atoms with Gasteiger partial charge in [0.25, 0.3) is 0 Å². The van der Waals surface area contributed by atoms with E-state index in [1.165, 1.54) is 30.8 Å². The molecule has 2 aromatic rings. The molecule has 0 bridgehead atoms. The van der Waals surface area contributed by atoms with Crippen LogP contribution in [0, 0.1) is 0 Å². The van der Waals surface area contributed by atoms with Crippen molar-refractivity contribution in [2.75, 3.05) is 13.1 Å². The Morgan fingerprint density at radius 2 is 2.05 bits per heavy atom. The lowest BCUT2D eigenvalue weighted by atomic mass is 10.4. The van der Waals surface area contributed by atoms with Crippen molar-refractivity contribution in [1.29, 1.82) is 0 Å². The fourth-order valence-electron chi connectivity index (χ4n) is 3.09. The molecule has 0 radical (unpaired) electrons. The second-order valence-electron chi connectivity index (χ2n) is 5.69.